The molecule has 1 fully saturated rings. The minimum atomic E-state index is -0.172. The molecule has 1 atom stereocenters. The quantitative estimate of drug-likeness (QED) is 0.410. The average Bonchev–Trinajstić information content (AvgIpc) is 3.19. The van der Waals surface area contributed by atoms with Gasteiger partial charge < -0.3 is 15.0 Å². The van der Waals surface area contributed by atoms with Gasteiger partial charge in [0.25, 0.3) is 5.91 Å². The highest BCUT2D eigenvalue weighted by atomic mass is 35.5. The van der Waals surface area contributed by atoms with E-state index in [1.54, 1.807) is 48.2 Å². The zero-order valence-corrected chi connectivity index (χ0v) is 20.0. The van der Waals surface area contributed by atoms with E-state index >= 15 is 0 Å². The fourth-order valence-electron chi connectivity index (χ4n) is 3.45. The molecule has 0 saturated carbocycles. The van der Waals surface area contributed by atoms with Crippen LogP contribution in [-0.4, -0.2) is 35.6 Å². The number of ether oxygens (including phenoxy) is 1. The second-order valence-corrected chi connectivity index (χ2v) is 9.43. The van der Waals surface area contributed by atoms with Crippen LogP contribution in [0.1, 0.15) is 26.9 Å². The van der Waals surface area contributed by atoms with E-state index in [1.165, 1.54) is 0 Å². The van der Waals surface area contributed by atoms with Crippen LogP contribution in [-0.2, 0) is 11.3 Å². The fourth-order valence-corrected chi connectivity index (χ4v) is 4.89. The van der Waals surface area contributed by atoms with E-state index < -0.39 is 0 Å². The summed E-state index contributed by atoms with van der Waals surface area (Å²) in [5.41, 5.74) is 2.57. The van der Waals surface area contributed by atoms with E-state index in [1.807, 2.05) is 41.3 Å². The second-order valence-electron chi connectivity index (χ2n) is 7.49. The van der Waals surface area contributed by atoms with Gasteiger partial charge >= 0.3 is 0 Å². The minimum Gasteiger partial charge on any atom is -0.492 e. The third-order valence-electron chi connectivity index (χ3n) is 5.16. The lowest BCUT2D eigenvalue weighted by molar-refractivity contribution is -0.128. The van der Waals surface area contributed by atoms with Crippen molar-refractivity contribution < 1.29 is 14.3 Å². The molecule has 1 N–H and O–H groups in total. The summed E-state index contributed by atoms with van der Waals surface area (Å²) in [5.74, 6) is 1.07. The molecule has 0 radical (unpaired) electrons. The molecule has 1 saturated heterocycles. The van der Waals surface area contributed by atoms with Gasteiger partial charge in [-0.2, -0.15) is 0 Å². The topological polar surface area (TPSA) is 58.6 Å². The van der Waals surface area contributed by atoms with Crippen molar-refractivity contribution in [2.24, 2.45) is 0 Å². The van der Waals surface area contributed by atoms with Crippen LogP contribution < -0.4 is 10.1 Å². The molecule has 0 unspecified atom stereocenters. The summed E-state index contributed by atoms with van der Waals surface area (Å²) in [6, 6.07) is 22.0. The lowest BCUT2D eigenvalue weighted by Gasteiger charge is -2.24. The first-order chi connectivity index (χ1) is 16.0. The van der Waals surface area contributed by atoms with Gasteiger partial charge in [-0.05, 0) is 59.7 Å². The molecule has 0 aliphatic carbocycles. The smallest absolute Gasteiger partial charge is 0.251 e. The second kappa shape index (κ2) is 11.0. The predicted octanol–water partition coefficient (Wildman–Crippen LogP) is 5.58. The van der Waals surface area contributed by atoms with Crippen LogP contribution in [0.25, 0.3) is 0 Å². The van der Waals surface area contributed by atoms with Crippen LogP contribution in [0.15, 0.2) is 72.8 Å². The monoisotopic (exact) mass is 500 g/mol. The zero-order valence-electron chi connectivity index (χ0n) is 17.7. The molecule has 2 amide bonds. The number of hydrogen-bond acceptors (Lipinski definition) is 4. The number of thioether (sulfide) groups is 1. The molecule has 3 aromatic rings. The Bertz CT molecular complexity index is 1110. The largest absolute Gasteiger partial charge is 0.492 e. The SMILES string of the molecule is O=C(NCCOc1ccc(Cl)cc1)c1ccc([C@@H]2SCC(=O)N2Cc2ccc(Cl)cc2)cc1. The maximum Gasteiger partial charge on any atom is 0.251 e. The van der Waals surface area contributed by atoms with E-state index in [9.17, 15) is 9.59 Å². The summed E-state index contributed by atoms with van der Waals surface area (Å²) in [4.78, 5) is 26.8. The summed E-state index contributed by atoms with van der Waals surface area (Å²) in [6.45, 7) is 1.25. The zero-order chi connectivity index (χ0) is 23.2. The average molecular weight is 501 g/mol. The number of amides is 2. The maximum absolute atomic E-state index is 12.5. The van der Waals surface area contributed by atoms with Crippen LogP contribution in [0, 0.1) is 0 Å². The summed E-state index contributed by atoms with van der Waals surface area (Å²) in [6.07, 6.45) is 0. The van der Waals surface area contributed by atoms with Crippen LogP contribution >= 0.6 is 35.0 Å². The number of nitrogens with one attached hydrogen (secondary N) is 1. The van der Waals surface area contributed by atoms with E-state index in [0.29, 0.717) is 46.8 Å². The molecule has 33 heavy (non-hydrogen) atoms. The summed E-state index contributed by atoms with van der Waals surface area (Å²) in [7, 11) is 0. The Morgan fingerprint density at radius 1 is 0.970 bits per heavy atom. The molecule has 0 spiro atoms. The molecule has 5 nitrogen and oxygen atoms in total. The van der Waals surface area contributed by atoms with Crippen LogP contribution in [0.3, 0.4) is 0 Å². The van der Waals surface area contributed by atoms with Crippen LogP contribution in [0.4, 0.5) is 0 Å². The lowest BCUT2D eigenvalue weighted by atomic mass is 10.1. The number of benzene rings is 3. The van der Waals surface area contributed by atoms with E-state index in [2.05, 4.69) is 5.32 Å². The van der Waals surface area contributed by atoms with Crippen LogP contribution in [0.5, 0.6) is 5.75 Å². The number of halogens is 2. The molecule has 1 aliphatic heterocycles. The number of carbonyl (C=O) groups is 2. The van der Waals surface area contributed by atoms with Gasteiger partial charge in [0.05, 0.1) is 12.3 Å². The number of hydrogen-bond donors (Lipinski definition) is 1. The maximum atomic E-state index is 12.5. The first kappa shape index (κ1) is 23.5. The molecule has 0 aromatic heterocycles. The summed E-state index contributed by atoms with van der Waals surface area (Å²) >= 11 is 13.4. The van der Waals surface area contributed by atoms with Gasteiger partial charge in [0.2, 0.25) is 5.91 Å². The van der Waals surface area contributed by atoms with E-state index in [-0.39, 0.29) is 17.2 Å². The van der Waals surface area contributed by atoms with Gasteiger partial charge in [-0.3, -0.25) is 9.59 Å². The van der Waals surface area contributed by atoms with Gasteiger partial charge in [-0.15, -0.1) is 11.8 Å². The summed E-state index contributed by atoms with van der Waals surface area (Å²) < 4.78 is 5.59. The fraction of sp³-hybridized carbons (Fsp3) is 0.200. The highest BCUT2D eigenvalue weighted by molar-refractivity contribution is 8.00. The predicted molar refractivity (Wildman–Crippen MR) is 133 cm³/mol. The first-order valence-corrected chi connectivity index (χ1v) is 12.2. The third-order valence-corrected chi connectivity index (χ3v) is 6.92. The highest BCUT2D eigenvalue weighted by Gasteiger charge is 2.32. The number of nitrogens with zero attached hydrogens (tertiary/aromatic N) is 1. The Balaban J connectivity index is 1.31. The van der Waals surface area contributed by atoms with Crippen molar-refractivity contribution in [3.8, 4) is 5.75 Å². The standard InChI is InChI=1S/C25H22Cl2N2O3S/c26-20-7-1-17(2-8-20)15-29-23(30)16-33-25(29)19-5-3-18(4-6-19)24(31)28-13-14-32-22-11-9-21(27)10-12-22/h1-12,25H,13-16H2,(H,28,31)/t25-/m0/s1. The third kappa shape index (κ3) is 6.22. The van der Waals surface area contributed by atoms with Crippen molar-refractivity contribution in [2.75, 3.05) is 18.9 Å². The van der Waals surface area contributed by atoms with E-state index in [4.69, 9.17) is 27.9 Å². The Hall–Kier alpha value is -2.67. The van der Waals surface area contributed by atoms with Crippen molar-refractivity contribution >= 4 is 46.8 Å². The van der Waals surface area contributed by atoms with Crippen molar-refractivity contribution in [1.82, 2.24) is 10.2 Å². The summed E-state index contributed by atoms with van der Waals surface area (Å²) in [5, 5.41) is 4.08. The van der Waals surface area contributed by atoms with Gasteiger partial charge in [0.1, 0.15) is 17.7 Å². The molecular formula is C25H22Cl2N2O3S. The molecule has 0 bridgehead atoms. The van der Waals surface area contributed by atoms with E-state index in [0.717, 1.165) is 11.1 Å². The normalized spacial score (nSPS) is 15.5. The molecular weight excluding hydrogens is 479 g/mol. The van der Waals surface area contributed by atoms with Crippen molar-refractivity contribution in [1.29, 1.82) is 0 Å². The Morgan fingerprint density at radius 3 is 2.27 bits per heavy atom. The number of rotatable bonds is 8. The molecule has 1 aliphatic rings. The molecule has 8 heteroatoms. The molecule has 3 aromatic carbocycles. The Labute approximate surface area is 207 Å². The lowest BCUT2D eigenvalue weighted by Crippen LogP contribution is -2.28. The van der Waals surface area contributed by atoms with Crippen molar-refractivity contribution in [3.05, 3.63) is 99.5 Å². The van der Waals surface area contributed by atoms with Gasteiger partial charge in [0, 0.05) is 22.2 Å². The van der Waals surface area contributed by atoms with Gasteiger partial charge in [-0.1, -0.05) is 47.5 Å². The Kier molecular flexibility index (Phi) is 7.81. The number of carbonyl (C=O) groups excluding carboxylic acids is 2. The highest BCUT2D eigenvalue weighted by Crippen LogP contribution is 2.39. The van der Waals surface area contributed by atoms with Gasteiger partial charge in [0.15, 0.2) is 0 Å². The van der Waals surface area contributed by atoms with Crippen LogP contribution in [0.2, 0.25) is 10.0 Å². The molecule has 1 heterocycles. The Morgan fingerprint density at radius 2 is 1.61 bits per heavy atom. The van der Waals surface area contributed by atoms with Crippen molar-refractivity contribution in [3.63, 3.8) is 0 Å². The van der Waals surface area contributed by atoms with Gasteiger partial charge in [-0.25, -0.2) is 0 Å². The first-order valence-electron chi connectivity index (χ1n) is 10.4. The van der Waals surface area contributed by atoms with Crippen molar-refractivity contribution in [2.45, 2.75) is 11.9 Å². The minimum absolute atomic E-state index is 0.0851. The molecule has 4 rings (SSSR count). The molecule has 170 valence electrons.